The molecular weight excluding hydrogens is 336 g/mol. The van der Waals surface area contributed by atoms with E-state index in [2.05, 4.69) is 0 Å². The van der Waals surface area contributed by atoms with Crippen LogP contribution in [0.15, 0.2) is 23.0 Å². The number of Topliss-reactive ketones (excluding diaryl/α,β-unsaturated/α-hetero) is 1. The monoisotopic (exact) mass is 360 g/mol. The first-order valence-electron chi connectivity index (χ1n) is 9.29. The molecule has 2 saturated carbocycles. The molecule has 4 rings (SSSR count). The molecule has 0 bridgehead atoms. The van der Waals surface area contributed by atoms with Gasteiger partial charge in [0.2, 0.25) is 0 Å². The van der Waals surface area contributed by atoms with Gasteiger partial charge in [-0.25, -0.2) is 0 Å². The summed E-state index contributed by atoms with van der Waals surface area (Å²) < 4.78 is 15.7. The highest BCUT2D eigenvalue weighted by Gasteiger charge is 2.64. The minimum absolute atomic E-state index is 0.168. The molecule has 3 aliphatic rings. The molecule has 0 N–H and O–H groups in total. The topological polar surface area (TPSA) is 82.8 Å². The van der Waals surface area contributed by atoms with Crippen molar-refractivity contribution in [3.8, 4) is 5.75 Å². The van der Waals surface area contributed by atoms with Crippen LogP contribution in [0.1, 0.15) is 46.0 Å². The van der Waals surface area contributed by atoms with Gasteiger partial charge >= 0.3 is 11.9 Å². The maximum Gasteiger partial charge on any atom is 0.315 e. The van der Waals surface area contributed by atoms with Gasteiger partial charge in [0.05, 0.1) is 24.7 Å². The summed E-state index contributed by atoms with van der Waals surface area (Å²) in [6, 6.07) is 1.60. The zero-order chi connectivity index (χ0) is 18.5. The largest absolute Gasteiger partial charge is 0.469 e. The summed E-state index contributed by atoms with van der Waals surface area (Å²) in [6.07, 6.45) is 5.64. The molecule has 0 aromatic carbocycles. The number of furan rings is 1. The highest BCUT2D eigenvalue weighted by molar-refractivity contribution is 5.89. The molecule has 0 spiro atoms. The highest BCUT2D eigenvalue weighted by Crippen LogP contribution is 2.63. The van der Waals surface area contributed by atoms with E-state index in [0.29, 0.717) is 44.5 Å². The number of ether oxygens (including phenoxy) is 2. The summed E-state index contributed by atoms with van der Waals surface area (Å²) in [4.78, 5) is 38.2. The van der Waals surface area contributed by atoms with Crippen LogP contribution in [0.3, 0.4) is 0 Å². The number of hydrogen-bond acceptors (Lipinski definition) is 6. The zero-order valence-electron chi connectivity index (χ0n) is 15.2. The van der Waals surface area contributed by atoms with Crippen molar-refractivity contribution in [1.29, 1.82) is 0 Å². The second-order valence-electron chi connectivity index (χ2n) is 8.39. The number of fused-ring (bicyclic) bond motifs is 3. The molecule has 1 saturated heterocycles. The molecule has 6 heteroatoms. The molecule has 6 nitrogen and oxygen atoms in total. The Labute approximate surface area is 152 Å². The second kappa shape index (κ2) is 5.96. The predicted molar refractivity (Wildman–Crippen MR) is 90.1 cm³/mol. The zero-order valence-corrected chi connectivity index (χ0v) is 15.2. The molecule has 140 valence electrons. The van der Waals surface area contributed by atoms with E-state index < -0.39 is 10.8 Å². The Balaban J connectivity index is 1.67. The van der Waals surface area contributed by atoms with E-state index in [0.717, 1.165) is 0 Å². The Morgan fingerprint density at radius 2 is 2.00 bits per heavy atom. The summed E-state index contributed by atoms with van der Waals surface area (Å²) in [5, 5.41) is 0. The Morgan fingerprint density at radius 1 is 1.19 bits per heavy atom. The molecule has 2 aliphatic carbocycles. The summed E-state index contributed by atoms with van der Waals surface area (Å²) in [7, 11) is 0. The van der Waals surface area contributed by atoms with Crippen molar-refractivity contribution in [2.75, 3.05) is 6.61 Å². The van der Waals surface area contributed by atoms with E-state index in [4.69, 9.17) is 13.9 Å². The van der Waals surface area contributed by atoms with Gasteiger partial charge in [0.1, 0.15) is 12.0 Å². The summed E-state index contributed by atoms with van der Waals surface area (Å²) in [6.45, 7) is 4.40. The number of hydrogen-bond donors (Lipinski definition) is 0. The van der Waals surface area contributed by atoms with Crippen molar-refractivity contribution in [3.05, 3.63) is 18.6 Å². The first-order chi connectivity index (χ1) is 12.4. The Kier molecular flexibility index (Phi) is 3.97. The molecule has 0 unspecified atom stereocenters. The van der Waals surface area contributed by atoms with Crippen LogP contribution in [0.25, 0.3) is 0 Å². The van der Waals surface area contributed by atoms with Gasteiger partial charge in [-0.1, -0.05) is 13.8 Å². The molecule has 26 heavy (non-hydrogen) atoms. The molecule has 1 aromatic rings. The maximum absolute atomic E-state index is 13.0. The minimum atomic E-state index is -0.501. The Bertz CT molecular complexity index is 737. The van der Waals surface area contributed by atoms with E-state index in [9.17, 15) is 14.4 Å². The van der Waals surface area contributed by atoms with Crippen LogP contribution in [-0.4, -0.2) is 24.3 Å². The normalized spacial score (nSPS) is 39.5. The fourth-order valence-electron chi connectivity index (χ4n) is 5.82. The molecule has 2 heterocycles. The summed E-state index contributed by atoms with van der Waals surface area (Å²) >= 11 is 0. The SMILES string of the molecule is C[C@]12CCOC(=O)[C@@H]1CC[C@]1(C)[C@@H]2C(=O)CC[C@H]1C(=O)Oc1ccoc1. The van der Waals surface area contributed by atoms with Gasteiger partial charge in [0, 0.05) is 18.4 Å². The van der Waals surface area contributed by atoms with E-state index in [-0.39, 0.29) is 35.5 Å². The molecule has 1 aromatic heterocycles. The third-order valence-electron chi connectivity index (χ3n) is 7.05. The highest BCUT2D eigenvalue weighted by atomic mass is 16.5. The number of ketones is 1. The first-order valence-corrected chi connectivity index (χ1v) is 9.29. The minimum Gasteiger partial charge on any atom is -0.469 e. The lowest BCUT2D eigenvalue weighted by atomic mass is 9.44. The second-order valence-corrected chi connectivity index (χ2v) is 8.39. The van der Waals surface area contributed by atoms with Gasteiger partial charge in [0.25, 0.3) is 0 Å². The van der Waals surface area contributed by atoms with Gasteiger partial charge in [-0.3, -0.25) is 14.4 Å². The fraction of sp³-hybridized carbons (Fsp3) is 0.650. The van der Waals surface area contributed by atoms with Crippen LogP contribution in [0.4, 0.5) is 0 Å². The number of cyclic esters (lactones) is 1. The van der Waals surface area contributed by atoms with Crippen LogP contribution < -0.4 is 4.74 Å². The third kappa shape index (κ3) is 2.42. The molecular formula is C20H24O6. The van der Waals surface area contributed by atoms with Crippen molar-refractivity contribution in [3.63, 3.8) is 0 Å². The van der Waals surface area contributed by atoms with Crippen molar-refractivity contribution in [2.24, 2.45) is 28.6 Å². The van der Waals surface area contributed by atoms with E-state index in [1.54, 1.807) is 6.07 Å². The summed E-state index contributed by atoms with van der Waals surface area (Å²) in [5.74, 6) is -0.909. The number of carbonyl (C=O) groups excluding carboxylic acids is 3. The average molecular weight is 360 g/mol. The number of carbonyl (C=O) groups is 3. The van der Waals surface area contributed by atoms with Crippen LogP contribution in [0.2, 0.25) is 0 Å². The van der Waals surface area contributed by atoms with Gasteiger partial charge in [-0.15, -0.1) is 0 Å². The van der Waals surface area contributed by atoms with Crippen molar-refractivity contribution in [1.82, 2.24) is 0 Å². The predicted octanol–water partition coefficient (Wildman–Crippen LogP) is 3.15. The van der Waals surface area contributed by atoms with Crippen molar-refractivity contribution >= 4 is 17.7 Å². The number of rotatable bonds is 2. The van der Waals surface area contributed by atoms with Gasteiger partial charge in [0.15, 0.2) is 5.75 Å². The third-order valence-corrected chi connectivity index (χ3v) is 7.05. The Morgan fingerprint density at radius 3 is 2.73 bits per heavy atom. The first kappa shape index (κ1) is 17.3. The molecule has 0 radical (unpaired) electrons. The van der Waals surface area contributed by atoms with Gasteiger partial charge in [-0.05, 0) is 36.5 Å². The lowest BCUT2D eigenvalue weighted by molar-refractivity contribution is -0.191. The van der Waals surface area contributed by atoms with Crippen molar-refractivity contribution in [2.45, 2.75) is 46.0 Å². The molecule has 5 atom stereocenters. The van der Waals surface area contributed by atoms with E-state index >= 15 is 0 Å². The van der Waals surface area contributed by atoms with Crippen LogP contribution >= 0.6 is 0 Å². The standard InChI is InChI=1S/C20H24O6/c1-19-7-5-14-17(22)25-10-8-20(14,2)16(19)15(21)4-3-13(19)18(23)26-12-6-9-24-11-12/h6,9,11,13-14,16H,3-5,7-8,10H2,1-2H3/t13-,14-,16-,19-,20-/m0/s1. The van der Waals surface area contributed by atoms with E-state index in [1.807, 2.05) is 13.8 Å². The Hall–Kier alpha value is -2.11. The van der Waals surface area contributed by atoms with Crippen LogP contribution in [-0.2, 0) is 19.1 Å². The quantitative estimate of drug-likeness (QED) is 0.754. The smallest absolute Gasteiger partial charge is 0.315 e. The lowest BCUT2D eigenvalue weighted by Gasteiger charge is -2.59. The molecule has 3 fully saturated rings. The maximum atomic E-state index is 13.0. The average Bonchev–Trinajstić information content (AvgIpc) is 3.06. The molecule has 1 aliphatic heterocycles. The van der Waals surface area contributed by atoms with E-state index in [1.165, 1.54) is 12.5 Å². The lowest BCUT2D eigenvalue weighted by Crippen LogP contribution is -2.61. The molecule has 0 amide bonds. The fourth-order valence-corrected chi connectivity index (χ4v) is 5.82. The van der Waals surface area contributed by atoms with Gasteiger partial charge < -0.3 is 13.9 Å². The summed E-state index contributed by atoms with van der Waals surface area (Å²) in [5.41, 5.74) is -0.951. The van der Waals surface area contributed by atoms with Crippen molar-refractivity contribution < 1.29 is 28.3 Å². The van der Waals surface area contributed by atoms with Crippen LogP contribution in [0, 0.1) is 28.6 Å². The number of esters is 2. The van der Waals surface area contributed by atoms with Crippen LogP contribution in [0.5, 0.6) is 5.75 Å². The van der Waals surface area contributed by atoms with Gasteiger partial charge in [-0.2, -0.15) is 0 Å².